The number of amides is 1. The maximum absolute atomic E-state index is 12.6. The molecule has 0 saturated carbocycles. The molecule has 1 atom stereocenters. The Morgan fingerprint density at radius 3 is 2.85 bits per heavy atom. The van der Waals surface area contributed by atoms with Gasteiger partial charge in [0.2, 0.25) is 5.95 Å². The van der Waals surface area contributed by atoms with Crippen molar-refractivity contribution in [2.24, 2.45) is 0 Å². The highest BCUT2D eigenvalue weighted by Gasteiger charge is 2.23. The molecular weight excluding hydrogens is 330 g/mol. The number of aromatic nitrogens is 3. The third-order valence-corrected chi connectivity index (χ3v) is 4.59. The molecule has 0 unspecified atom stereocenters. The first-order valence-electron chi connectivity index (χ1n) is 8.65. The predicted molar refractivity (Wildman–Crippen MR) is 99.3 cm³/mol. The highest BCUT2D eigenvalue weighted by molar-refractivity contribution is 5.96. The van der Waals surface area contributed by atoms with E-state index in [9.17, 15) is 9.59 Å². The summed E-state index contributed by atoms with van der Waals surface area (Å²) < 4.78 is 0. The molecule has 2 N–H and O–H groups in total. The number of aromatic amines is 1. The summed E-state index contributed by atoms with van der Waals surface area (Å²) in [6, 6.07) is 10.7. The number of rotatable bonds is 3. The second-order valence-electron chi connectivity index (χ2n) is 6.41. The fraction of sp³-hybridized carbons (Fsp3) is 0.263. The van der Waals surface area contributed by atoms with Crippen LogP contribution in [0.25, 0.3) is 10.8 Å². The molecule has 1 amide bonds. The van der Waals surface area contributed by atoms with Gasteiger partial charge in [-0.05, 0) is 36.4 Å². The second-order valence-corrected chi connectivity index (χ2v) is 6.41. The Bertz CT molecular complexity index is 986. The zero-order valence-corrected chi connectivity index (χ0v) is 14.2. The fourth-order valence-corrected chi connectivity index (χ4v) is 3.33. The van der Waals surface area contributed by atoms with Gasteiger partial charge in [0.1, 0.15) is 5.69 Å². The summed E-state index contributed by atoms with van der Waals surface area (Å²) in [4.78, 5) is 38.1. The van der Waals surface area contributed by atoms with Gasteiger partial charge in [0.05, 0.1) is 0 Å². The molecule has 3 heterocycles. The normalized spacial score (nSPS) is 17.2. The maximum Gasteiger partial charge on any atom is 0.268 e. The highest BCUT2D eigenvalue weighted by atomic mass is 16.2. The maximum atomic E-state index is 12.6. The number of hydrogen-bond donors (Lipinski definition) is 2. The Morgan fingerprint density at radius 2 is 2.00 bits per heavy atom. The number of benzene rings is 1. The summed E-state index contributed by atoms with van der Waals surface area (Å²) in [5, 5.41) is 4.35. The van der Waals surface area contributed by atoms with E-state index in [2.05, 4.69) is 25.2 Å². The van der Waals surface area contributed by atoms with E-state index in [1.54, 1.807) is 36.7 Å². The van der Waals surface area contributed by atoms with E-state index in [4.69, 9.17) is 0 Å². The molecule has 0 bridgehead atoms. The van der Waals surface area contributed by atoms with Crippen LogP contribution in [0, 0.1) is 0 Å². The largest absolute Gasteiger partial charge is 0.346 e. The van der Waals surface area contributed by atoms with Crippen LogP contribution in [0.2, 0.25) is 0 Å². The lowest BCUT2D eigenvalue weighted by Gasteiger charge is -2.33. The van der Waals surface area contributed by atoms with Gasteiger partial charge < -0.3 is 15.2 Å². The molecule has 2 aromatic heterocycles. The van der Waals surface area contributed by atoms with Crippen molar-refractivity contribution < 1.29 is 4.79 Å². The molecule has 1 aliphatic rings. The van der Waals surface area contributed by atoms with Crippen molar-refractivity contribution in [1.29, 1.82) is 0 Å². The number of H-pyrrole nitrogens is 1. The lowest BCUT2D eigenvalue weighted by atomic mass is 10.1. The van der Waals surface area contributed by atoms with Gasteiger partial charge in [0.15, 0.2) is 0 Å². The quantitative estimate of drug-likeness (QED) is 0.751. The number of carbonyl (C=O) groups excluding carboxylic acids is 1. The topological polar surface area (TPSA) is 91.0 Å². The van der Waals surface area contributed by atoms with Crippen molar-refractivity contribution in [2.45, 2.75) is 18.9 Å². The summed E-state index contributed by atoms with van der Waals surface area (Å²) in [6.07, 6.45) is 5.25. The van der Waals surface area contributed by atoms with E-state index >= 15 is 0 Å². The Kier molecular flexibility index (Phi) is 4.35. The van der Waals surface area contributed by atoms with Crippen LogP contribution in [0.4, 0.5) is 5.95 Å². The van der Waals surface area contributed by atoms with E-state index < -0.39 is 0 Å². The van der Waals surface area contributed by atoms with Gasteiger partial charge in [-0.3, -0.25) is 9.59 Å². The van der Waals surface area contributed by atoms with Gasteiger partial charge in [-0.25, -0.2) is 9.97 Å². The number of nitrogens with zero attached hydrogens (tertiary/aromatic N) is 3. The molecule has 0 radical (unpaired) electrons. The van der Waals surface area contributed by atoms with Crippen molar-refractivity contribution in [3.63, 3.8) is 0 Å². The van der Waals surface area contributed by atoms with E-state index in [1.165, 1.54) is 0 Å². The zero-order chi connectivity index (χ0) is 17.9. The standard InChI is InChI=1S/C19H19N5O2/c25-17-15-7-2-1-5-13(15)11-16(23-17)18(26)22-14-6-3-10-24(12-14)19-20-8-4-9-21-19/h1-2,4-5,7-9,11,14H,3,6,10,12H2,(H,22,26)(H,23,25)/t14-/m0/s1. The van der Waals surface area contributed by atoms with E-state index in [0.29, 0.717) is 17.9 Å². The minimum Gasteiger partial charge on any atom is -0.346 e. The third kappa shape index (κ3) is 3.28. The number of anilines is 1. The first-order chi connectivity index (χ1) is 12.7. The molecule has 0 spiro atoms. The van der Waals surface area contributed by atoms with Crippen LogP contribution in [0.5, 0.6) is 0 Å². The minimum atomic E-state index is -0.270. The number of hydrogen-bond acceptors (Lipinski definition) is 5. The number of pyridine rings is 1. The van der Waals surface area contributed by atoms with E-state index in [0.717, 1.165) is 24.8 Å². The summed E-state index contributed by atoms with van der Waals surface area (Å²) in [5.41, 5.74) is 0.0259. The molecular formula is C19H19N5O2. The minimum absolute atomic E-state index is 0.0185. The van der Waals surface area contributed by atoms with Gasteiger partial charge in [-0.15, -0.1) is 0 Å². The fourth-order valence-electron chi connectivity index (χ4n) is 3.33. The first kappa shape index (κ1) is 16.3. The van der Waals surface area contributed by atoms with E-state index in [-0.39, 0.29) is 23.2 Å². The van der Waals surface area contributed by atoms with Gasteiger partial charge in [0.25, 0.3) is 11.5 Å². The summed E-state index contributed by atoms with van der Waals surface area (Å²) in [6.45, 7) is 1.51. The molecule has 7 nitrogen and oxygen atoms in total. The van der Waals surface area contributed by atoms with Gasteiger partial charge in [0, 0.05) is 36.9 Å². The Hall–Kier alpha value is -3.22. The second kappa shape index (κ2) is 6.95. The van der Waals surface area contributed by atoms with Crippen molar-refractivity contribution in [3.8, 4) is 0 Å². The molecule has 1 fully saturated rings. The average Bonchev–Trinajstić information content (AvgIpc) is 2.69. The Morgan fingerprint density at radius 1 is 1.19 bits per heavy atom. The lowest BCUT2D eigenvalue weighted by Crippen LogP contribution is -2.48. The highest BCUT2D eigenvalue weighted by Crippen LogP contribution is 2.16. The van der Waals surface area contributed by atoms with E-state index in [1.807, 2.05) is 12.1 Å². The Balaban J connectivity index is 1.50. The van der Waals surface area contributed by atoms with Gasteiger partial charge >= 0.3 is 0 Å². The lowest BCUT2D eigenvalue weighted by molar-refractivity contribution is 0.0928. The number of fused-ring (bicyclic) bond motifs is 1. The molecule has 1 aliphatic heterocycles. The third-order valence-electron chi connectivity index (χ3n) is 4.59. The van der Waals surface area contributed by atoms with Gasteiger partial charge in [-0.2, -0.15) is 0 Å². The predicted octanol–water partition coefficient (Wildman–Crippen LogP) is 1.72. The van der Waals surface area contributed by atoms with Crippen LogP contribution in [-0.2, 0) is 0 Å². The Labute approximate surface area is 150 Å². The molecule has 3 aromatic rings. The van der Waals surface area contributed by atoms with Crippen molar-refractivity contribution >= 4 is 22.6 Å². The summed E-state index contributed by atoms with van der Waals surface area (Å²) in [7, 11) is 0. The van der Waals surface area contributed by atoms with Crippen LogP contribution in [-0.4, -0.2) is 40.0 Å². The van der Waals surface area contributed by atoms with Gasteiger partial charge in [-0.1, -0.05) is 18.2 Å². The zero-order valence-electron chi connectivity index (χ0n) is 14.2. The van der Waals surface area contributed by atoms with Crippen molar-refractivity contribution in [1.82, 2.24) is 20.3 Å². The number of nitrogens with one attached hydrogen (secondary N) is 2. The molecule has 1 aromatic carbocycles. The molecule has 4 rings (SSSR count). The number of carbonyl (C=O) groups is 1. The van der Waals surface area contributed by atoms with Crippen LogP contribution >= 0.6 is 0 Å². The smallest absolute Gasteiger partial charge is 0.268 e. The SMILES string of the molecule is O=C(N[C@H]1CCCN(c2ncccn2)C1)c1cc2ccccc2c(=O)[nH]1. The van der Waals surface area contributed by atoms with Crippen LogP contribution < -0.4 is 15.8 Å². The average molecular weight is 349 g/mol. The van der Waals surface area contributed by atoms with Crippen molar-refractivity contribution in [3.05, 3.63) is 64.8 Å². The first-order valence-corrected chi connectivity index (χ1v) is 8.65. The molecule has 132 valence electrons. The van der Waals surface area contributed by atoms with Crippen molar-refractivity contribution in [2.75, 3.05) is 18.0 Å². The summed E-state index contributed by atoms with van der Waals surface area (Å²) >= 11 is 0. The molecule has 0 aliphatic carbocycles. The monoisotopic (exact) mass is 349 g/mol. The van der Waals surface area contributed by atoms with Crippen LogP contribution in [0.3, 0.4) is 0 Å². The van der Waals surface area contributed by atoms with Crippen LogP contribution in [0.15, 0.2) is 53.6 Å². The number of piperidine rings is 1. The molecule has 26 heavy (non-hydrogen) atoms. The molecule has 7 heteroatoms. The van der Waals surface area contributed by atoms with Crippen LogP contribution in [0.1, 0.15) is 23.3 Å². The molecule has 1 saturated heterocycles. The summed E-state index contributed by atoms with van der Waals surface area (Å²) in [5.74, 6) is 0.402.